The van der Waals surface area contributed by atoms with Crippen LogP contribution in [-0.2, 0) is 33.5 Å². The number of nitrogens with two attached hydrogens (primary N) is 1. The van der Waals surface area contributed by atoms with Crippen LogP contribution in [0.2, 0.25) is 0 Å². The summed E-state index contributed by atoms with van der Waals surface area (Å²) in [6, 6.07) is 9.89. The molecule has 0 unspecified atom stereocenters. The first-order chi connectivity index (χ1) is 19.6. The van der Waals surface area contributed by atoms with Crippen molar-refractivity contribution in [3.05, 3.63) is 66.0 Å². The minimum absolute atomic E-state index is 0.0557. The number of rotatable bonds is 14. The number of imidazole rings is 1. The number of nitrogens with one attached hydrogen (secondary N) is 1. The molecule has 4 rings (SSSR count). The summed E-state index contributed by atoms with van der Waals surface area (Å²) < 4.78 is 23.8. The van der Waals surface area contributed by atoms with Gasteiger partial charge in [-0.15, -0.1) is 0 Å². The summed E-state index contributed by atoms with van der Waals surface area (Å²) in [5, 5.41) is 14.1. The highest BCUT2D eigenvalue weighted by atomic mass is 31.2. The van der Waals surface area contributed by atoms with Gasteiger partial charge in [0.2, 0.25) is 5.91 Å². The molecule has 0 aliphatic heterocycles. The van der Waals surface area contributed by atoms with Crippen molar-refractivity contribution in [3.8, 4) is 11.5 Å². The lowest BCUT2D eigenvalue weighted by molar-refractivity contribution is -0.116. The first-order valence-corrected chi connectivity index (χ1v) is 14.7. The maximum absolute atomic E-state index is 11.4. The van der Waals surface area contributed by atoms with Crippen molar-refractivity contribution in [2.75, 3.05) is 25.5 Å². The standard InChI is InChI=1S/C28H34N5O7P/c1-3-5-6-24-32-26-27(33(24)17-19-16-20(8-10-23(19)34)40-41(36,37)38)21-15-18(7-9-22(21)31-28(26)29)11-13-39-14-12-30-25(35)4-2/h4,7-10,15-16,34H,2-3,5-6,11-14,17H2,1H3,(H2,29,31)(H,30,35)(H2,36,37,38). The molecule has 0 saturated carbocycles. The van der Waals surface area contributed by atoms with Crippen LogP contribution in [0.5, 0.6) is 11.5 Å². The number of hydrogen-bond acceptors (Lipinski definition) is 8. The quantitative estimate of drug-likeness (QED) is 0.0835. The molecule has 13 heteroatoms. The molecule has 0 spiro atoms. The second kappa shape index (κ2) is 13.1. The summed E-state index contributed by atoms with van der Waals surface area (Å²) in [5.41, 5.74) is 9.71. The normalized spacial score (nSPS) is 11.7. The molecule has 6 N–H and O–H groups in total. The van der Waals surface area contributed by atoms with E-state index in [-0.39, 0.29) is 29.8 Å². The number of phosphoric acid groups is 1. The predicted molar refractivity (Wildman–Crippen MR) is 156 cm³/mol. The van der Waals surface area contributed by atoms with E-state index >= 15 is 0 Å². The zero-order valence-corrected chi connectivity index (χ0v) is 23.6. The monoisotopic (exact) mass is 583 g/mol. The molecular formula is C28H34N5O7P. The number of benzene rings is 2. The SMILES string of the molecule is C=CC(=O)NCCOCCc1ccc2nc(N)c3nc(CCCC)n(Cc4cc(OP(=O)(O)O)ccc4O)c3c2c1. The number of anilines is 1. The average molecular weight is 584 g/mol. The molecule has 2 aromatic heterocycles. The molecule has 2 heterocycles. The van der Waals surface area contributed by atoms with Crippen LogP contribution < -0.4 is 15.6 Å². The lowest BCUT2D eigenvalue weighted by atomic mass is 10.1. The molecule has 0 atom stereocenters. The third-order valence-electron chi connectivity index (χ3n) is 6.47. The van der Waals surface area contributed by atoms with Crippen LogP contribution in [0.3, 0.4) is 0 Å². The highest BCUT2D eigenvalue weighted by Gasteiger charge is 2.21. The maximum atomic E-state index is 11.4. The number of carbonyl (C=O) groups is 1. The third kappa shape index (κ3) is 7.62. The molecule has 0 aliphatic carbocycles. The third-order valence-corrected chi connectivity index (χ3v) is 6.92. The molecule has 0 saturated heterocycles. The summed E-state index contributed by atoms with van der Waals surface area (Å²) in [5.74, 6) is 0.661. The lowest BCUT2D eigenvalue weighted by Gasteiger charge is -2.14. The van der Waals surface area contributed by atoms with E-state index in [0.29, 0.717) is 49.2 Å². The summed E-state index contributed by atoms with van der Waals surface area (Å²) in [6.45, 7) is 6.86. The molecule has 0 fully saturated rings. The van der Waals surface area contributed by atoms with Crippen LogP contribution in [0, 0.1) is 0 Å². The second-order valence-electron chi connectivity index (χ2n) is 9.49. The van der Waals surface area contributed by atoms with Crippen molar-refractivity contribution in [1.29, 1.82) is 0 Å². The Hall–Kier alpha value is -3.96. The van der Waals surface area contributed by atoms with E-state index in [0.717, 1.165) is 35.1 Å². The van der Waals surface area contributed by atoms with Crippen molar-refractivity contribution >= 4 is 41.5 Å². The summed E-state index contributed by atoms with van der Waals surface area (Å²) in [6.07, 6.45) is 4.30. The fourth-order valence-electron chi connectivity index (χ4n) is 4.52. The Kier molecular flexibility index (Phi) is 9.61. The predicted octanol–water partition coefficient (Wildman–Crippen LogP) is 3.60. The van der Waals surface area contributed by atoms with Crippen LogP contribution in [0.1, 0.15) is 36.7 Å². The number of fused-ring (bicyclic) bond motifs is 3. The van der Waals surface area contributed by atoms with E-state index in [1.165, 1.54) is 24.3 Å². The van der Waals surface area contributed by atoms with Crippen LogP contribution in [0.25, 0.3) is 21.9 Å². The molecule has 2 aromatic carbocycles. The van der Waals surface area contributed by atoms with Gasteiger partial charge in [-0.1, -0.05) is 26.0 Å². The molecule has 0 radical (unpaired) electrons. The number of pyridine rings is 1. The van der Waals surface area contributed by atoms with Crippen LogP contribution in [-0.4, -0.2) is 55.1 Å². The zero-order valence-electron chi connectivity index (χ0n) is 22.7. The first-order valence-electron chi connectivity index (χ1n) is 13.2. The molecule has 12 nitrogen and oxygen atoms in total. The molecule has 0 aliphatic rings. The number of aryl methyl sites for hydroxylation is 1. The van der Waals surface area contributed by atoms with E-state index < -0.39 is 7.82 Å². The van der Waals surface area contributed by atoms with E-state index in [9.17, 15) is 24.3 Å². The number of ether oxygens (including phenoxy) is 1. The minimum Gasteiger partial charge on any atom is -0.508 e. The maximum Gasteiger partial charge on any atom is 0.524 e. The number of hydrogen-bond donors (Lipinski definition) is 5. The fourth-order valence-corrected chi connectivity index (χ4v) is 4.91. The van der Waals surface area contributed by atoms with Gasteiger partial charge in [-0.2, -0.15) is 0 Å². The van der Waals surface area contributed by atoms with E-state index in [2.05, 4.69) is 23.8 Å². The Bertz CT molecular complexity index is 1610. The number of aromatic hydroxyl groups is 1. The smallest absolute Gasteiger partial charge is 0.508 e. The fraction of sp³-hybridized carbons (Fsp3) is 0.321. The Labute approximate surface area is 237 Å². The van der Waals surface area contributed by atoms with Gasteiger partial charge in [-0.05, 0) is 54.8 Å². The lowest BCUT2D eigenvalue weighted by Crippen LogP contribution is -2.25. The molecule has 0 bridgehead atoms. The Morgan fingerprint density at radius 3 is 2.71 bits per heavy atom. The second-order valence-corrected chi connectivity index (χ2v) is 10.7. The molecule has 4 aromatic rings. The first kappa shape index (κ1) is 30.0. The number of amides is 1. The number of nitrogens with zero attached hydrogens (tertiary/aromatic N) is 3. The van der Waals surface area contributed by atoms with Crippen LogP contribution in [0.4, 0.5) is 5.82 Å². The van der Waals surface area contributed by atoms with Crippen LogP contribution >= 0.6 is 7.82 Å². The van der Waals surface area contributed by atoms with Crippen molar-refractivity contribution in [2.45, 2.75) is 39.2 Å². The summed E-state index contributed by atoms with van der Waals surface area (Å²) >= 11 is 0. The van der Waals surface area contributed by atoms with Gasteiger partial charge < -0.3 is 30.0 Å². The van der Waals surface area contributed by atoms with Crippen molar-refractivity contribution in [2.24, 2.45) is 0 Å². The highest BCUT2D eigenvalue weighted by Crippen LogP contribution is 2.39. The van der Waals surface area contributed by atoms with E-state index in [1.54, 1.807) is 0 Å². The minimum atomic E-state index is -4.78. The zero-order chi connectivity index (χ0) is 29.6. The largest absolute Gasteiger partial charge is 0.524 e. The van der Waals surface area contributed by atoms with Gasteiger partial charge in [-0.25, -0.2) is 14.5 Å². The van der Waals surface area contributed by atoms with Crippen molar-refractivity contribution < 1.29 is 33.5 Å². The summed E-state index contributed by atoms with van der Waals surface area (Å²) in [7, 11) is -4.78. The molecular weight excluding hydrogens is 549 g/mol. The number of aromatic nitrogens is 3. The van der Waals surface area contributed by atoms with E-state index in [4.69, 9.17) is 20.0 Å². The van der Waals surface area contributed by atoms with E-state index in [1.807, 2.05) is 22.8 Å². The molecule has 41 heavy (non-hydrogen) atoms. The van der Waals surface area contributed by atoms with Gasteiger partial charge in [0.25, 0.3) is 0 Å². The topological polar surface area (TPSA) is 182 Å². The van der Waals surface area contributed by atoms with Crippen molar-refractivity contribution in [3.63, 3.8) is 0 Å². The van der Waals surface area contributed by atoms with Gasteiger partial charge >= 0.3 is 7.82 Å². The number of phenols is 1. The number of phenolic OH excluding ortho intramolecular Hbond substituents is 1. The molecule has 218 valence electrons. The Balaban J connectivity index is 1.70. The highest BCUT2D eigenvalue weighted by molar-refractivity contribution is 7.46. The number of unbranched alkanes of at least 4 members (excludes halogenated alkanes) is 1. The number of nitrogen functional groups attached to an aromatic ring is 1. The number of carbonyl (C=O) groups excluding carboxylic acids is 1. The average Bonchev–Trinajstić information content (AvgIpc) is 3.29. The Morgan fingerprint density at radius 1 is 1.17 bits per heavy atom. The molecule has 1 amide bonds. The van der Waals surface area contributed by atoms with Gasteiger partial charge in [0, 0.05) is 23.9 Å². The van der Waals surface area contributed by atoms with Crippen LogP contribution in [0.15, 0.2) is 49.1 Å². The Morgan fingerprint density at radius 2 is 1.98 bits per heavy atom. The van der Waals surface area contributed by atoms with Gasteiger partial charge in [0.1, 0.15) is 22.8 Å². The number of phosphoric ester groups is 1. The van der Waals surface area contributed by atoms with Gasteiger partial charge in [0.05, 0.1) is 30.8 Å². The van der Waals surface area contributed by atoms with Crippen molar-refractivity contribution in [1.82, 2.24) is 19.9 Å². The summed E-state index contributed by atoms with van der Waals surface area (Å²) in [4.78, 5) is 39.1. The van der Waals surface area contributed by atoms with Gasteiger partial charge in [-0.3, -0.25) is 14.6 Å². The van der Waals surface area contributed by atoms with Gasteiger partial charge in [0.15, 0.2) is 5.82 Å².